The second-order valence-corrected chi connectivity index (χ2v) is 6.02. The number of amides is 1. The van der Waals surface area contributed by atoms with Gasteiger partial charge in [0.05, 0.1) is 13.2 Å². The normalized spacial score (nSPS) is 11.9. The molecule has 2 aromatic carbocycles. The molecular weight excluding hydrogens is 328 g/mol. The molecule has 1 N–H and O–H groups in total. The first-order valence-corrected chi connectivity index (χ1v) is 8.55. The summed E-state index contributed by atoms with van der Waals surface area (Å²) in [5.74, 6) is -0.128. The number of hydrogen-bond donors (Lipinski definition) is 1. The number of benzene rings is 2. The van der Waals surface area contributed by atoms with Gasteiger partial charge in [0.15, 0.2) is 0 Å². The lowest BCUT2D eigenvalue weighted by molar-refractivity contribution is -0.132. The predicted molar refractivity (Wildman–Crippen MR) is 98.1 cm³/mol. The molecule has 0 saturated heterocycles. The van der Waals surface area contributed by atoms with Crippen molar-refractivity contribution < 1.29 is 9.53 Å². The van der Waals surface area contributed by atoms with Gasteiger partial charge in [-0.3, -0.25) is 4.79 Å². The Hall–Kier alpha value is -2.99. The number of nitrogens with zero attached hydrogens (tertiary/aromatic N) is 3. The van der Waals surface area contributed by atoms with E-state index in [1.54, 1.807) is 17.9 Å². The van der Waals surface area contributed by atoms with Gasteiger partial charge in [0.1, 0.15) is 18.8 Å². The lowest BCUT2D eigenvalue weighted by Gasteiger charge is -2.15. The average molecular weight is 350 g/mol. The molecule has 1 unspecified atom stereocenters. The average Bonchev–Trinajstić information content (AvgIpc) is 3.19. The highest BCUT2D eigenvalue weighted by Gasteiger charge is 2.14. The van der Waals surface area contributed by atoms with E-state index in [1.807, 2.05) is 54.6 Å². The van der Waals surface area contributed by atoms with E-state index in [2.05, 4.69) is 15.4 Å². The first-order chi connectivity index (χ1) is 12.7. The summed E-state index contributed by atoms with van der Waals surface area (Å²) in [6.45, 7) is 3.24. The van der Waals surface area contributed by atoms with Gasteiger partial charge in [-0.2, -0.15) is 5.10 Å². The molecule has 1 aromatic heterocycles. The van der Waals surface area contributed by atoms with Crippen LogP contribution in [0.15, 0.2) is 67.3 Å². The van der Waals surface area contributed by atoms with Crippen LogP contribution in [0, 0.1) is 0 Å². The van der Waals surface area contributed by atoms with E-state index < -0.39 is 6.10 Å². The van der Waals surface area contributed by atoms with Gasteiger partial charge in [-0.25, -0.2) is 9.67 Å². The van der Waals surface area contributed by atoms with E-state index in [1.165, 1.54) is 6.33 Å². The Morgan fingerprint density at radius 1 is 1.12 bits per heavy atom. The molecule has 0 saturated carbocycles. The highest BCUT2D eigenvalue weighted by Crippen LogP contribution is 2.10. The van der Waals surface area contributed by atoms with Crippen LogP contribution in [0.25, 0.3) is 0 Å². The maximum Gasteiger partial charge on any atom is 0.249 e. The number of ether oxygens (including phenoxy) is 1. The Balaban J connectivity index is 1.52. The summed E-state index contributed by atoms with van der Waals surface area (Å²) in [4.78, 5) is 16.3. The predicted octanol–water partition coefficient (Wildman–Crippen LogP) is 2.55. The van der Waals surface area contributed by atoms with Crippen molar-refractivity contribution in [1.29, 1.82) is 0 Å². The number of rotatable bonds is 8. The minimum absolute atomic E-state index is 0.128. The van der Waals surface area contributed by atoms with Crippen LogP contribution in [0.3, 0.4) is 0 Å². The van der Waals surface area contributed by atoms with E-state index in [0.29, 0.717) is 19.7 Å². The van der Waals surface area contributed by atoms with Crippen LogP contribution >= 0.6 is 0 Å². The molecular formula is C20H22N4O2. The Labute approximate surface area is 152 Å². The van der Waals surface area contributed by atoms with Gasteiger partial charge < -0.3 is 10.1 Å². The van der Waals surface area contributed by atoms with Crippen LogP contribution in [0.4, 0.5) is 0 Å². The molecule has 0 bridgehead atoms. The number of hydrogen-bond acceptors (Lipinski definition) is 4. The third-order valence-electron chi connectivity index (χ3n) is 4.08. The second kappa shape index (κ2) is 8.92. The van der Waals surface area contributed by atoms with Crippen molar-refractivity contribution in [2.24, 2.45) is 0 Å². The Kier molecular flexibility index (Phi) is 6.11. The van der Waals surface area contributed by atoms with Crippen molar-refractivity contribution in [2.45, 2.75) is 32.7 Å². The summed E-state index contributed by atoms with van der Waals surface area (Å²) in [5.41, 5.74) is 3.19. The molecule has 0 aliphatic carbocycles. The molecule has 1 atom stereocenters. The first-order valence-electron chi connectivity index (χ1n) is 8.55. The smallest absolute Gasteiger partial charge is 0.249 e. The van der Waals surface area contributed by atoms with Gasteiger partial charge in [0.2, 0.25) is 5.91 Å². The standard InChI is InChI=1S/C20H22N4O2/c1-16(26-13-17-7-3-2-4-8-17)20(25)22-11-18-9-5-6-10-19(18)12-24-15-21-14-23-24/h2-10,14-16H,11-13H2,1H3,(H,22,25). The van der Waals surface area contributed by atoms with E-state index in [4.69, 9.17) is 4.74 Å². The highest BCUT2D eigenvalue weighted by molar-refractivity contribution is 5.80. The van der Waals surface area contributed by atoms with Gasteiger partial charge in [-0.05, 0) is 23.6 Å². The van der Waals surface area contributed by atoms with Crippen molar-refractivity contribution in [3.8, 4) is 0 Å². The minimum atomic E-state index is -0.516. The van der Waals surface area contributed by atoms with Crippen LogP contribution in [0.2, 0.25) is 0 Å². The largest absolute Gasteiger partial charge is 0.364 e. The zero-order valence-electron chi connectivity index (χ0n) is 14.7. The van der Waals surface area contributed by atoms with Gasteiger partial charge in [-0.1, -0.05) is 54.6 Å². The molecule has 6 nitrogen and oxygen atoms in total. The Morgan fingerprint density at radius 2 is 1.85 bits per heavy atom. The molecule has 3 aromatic rings. The van der Waals surface area contributed by atoms with Crippen LogP contribution < -0.4 is 5.32 Å². The molecule has 1 amide bonds. The minimum Gasteiger partial charge on any atom is -0.364 e. The topological polar surface area (TPSA) is 69.0 Å². The number of nitrogens with one attached hydrogen (secondary N) is 1. The van der Waals surface area contributed by atoms with Crippen LogP contribution in [-0.4, -0.2) is 26.8 Å². The second-order valence-electron chi connectivity index (χ2n) is 6.02. The Morgan fingerprint density at radius 3 is 2.58 bits per heavy atom. The van der Waals surface area contributed by atoms with Gasteiger partial charge in [0, 0.05) is 6.54 Å². The van der Waals surface area contributed by atoms with E-state index in [9.17, 15) is 4.79 Å². The molecule has 0 aliphatic rings. The summed E-state index contributed by atoms with van der Waals surface area (Å²) in [7, 11) is 0. The van der Waals surface area contributed by atoms with E-state index in [-0.39, 0.29) is 5.91 Å². The van der Waals surface area contributed by atoms with Crippen molar-refractivity contribution in [2.75, 3.05) is 0 Å². The molecule has 0 fully saturated rings. The van der Waals surface area contributed by atoms with Crippen molar-refractivity contribution in [3.05, 3.63) is 83.9 Å². The number of carbonyl (C=O) groups excluding carboxylic acids is 1. The fourth-order valence-electron chi connectivity index (χ4n) is 2.57. The van der Waals surface area contributed by atoms with E-state index >= 15 is 0 Å². The zero-order valence-corrected chi connectivity index (χ0v) is 14.7. The van der Waals surface area contributed by atoms with Crippen molar-refractivity contribution in [3.63, 3.8) is 0 Å². The summed E-state index contributed by atoms with van der Waals surface area (Å²) in [6.07, 6.45) is 2.67. The molecule has 1 heterocycles. The Bertz CT molecular complexity index is 819. The SMILES string of the molecule is CC(OCc1ccccc1)C(=O)NCc1ccccc1Cn1cncn1. The molecule has 6 heteroatoms. The third-order valence-corrected chi connectivity index (χ3v) is 4.08. The van der Waals surface area contributed by atoms with Crippen LogP contribution in [0.1, 0.15) is 23.6 Å². The fourth-order valence-corrected chi connectivity index (χ4v) is 2.57. The van der Waals surface area contributed by atoms with Gasteiger partial charge in [-0.15, -0.1) is 0 Å². The molecule has 3 rings (SSSR count). The van der Waals surface area contributed by atoms with Crippen molar-refractivity contribution >= 4 is 5.91 Å². The maximum atomic E-state index is 12.3. The number of carbonyl (C=O) groups is 1. The van der Waals surface area contributed by atoms with Crippen LogP contribution in [0.5, 0.6) is 0 Å². The maximum absolute atomic E-state index is 12.3. The van der Waals surface area contributed by atoms with Gasteiger partial charge >= 0.3 is 0 Å². The monoisotopic (exact) mass is 350 g/mol. The molecule has 26 heavy (non-hydrogen) atoms. The first kappa shape index (κ1) is 17.8. The lowest BCUT2D eigenvalue weighted by Crippen LogP contribution is -2.34. The van der Waals surface area contributed by atoms with E-state index in [0.717, 1.165) is 16.7 Å². The highest BCUT2D eigenvalue weighted by atomic mass is 16.5. The summed E-state index contributed by atoms with van der Waals surface area (Å²) in [5, 5.41) is 7.07. The lowest BCUT2D eigenvalue weighted by atomic mass is 10.1. The molecule has 0 radical (unpaired) electrons. The summed E-state index contributed by atoms with van der Waals surface area (Å²) < 4.78 is 7.42. The number of aromatic nitrogens is 3. The quantitative estimate of drug-likeness (QED) is 0.678. The molecule has 0 spiro atoms. The summed E-state index contributed by atoms with van der Waals surface area (Å²) >= 11 is 0. The van der Waals surface area contributed by atoms with Gasteiger partial charge in [0.25, 0.3) is 0 Å². The third kappa shape index (κ3) is 5.00. The van der Waals surface area contributed by atoms with Crippen molar-refractivity contribution in [1.82, 2.24) is 20.1 Å². The molecule has 134 valence electrons. The van der Waals surface area contributed by atoms with Crippen LogP contribution in [-0.2, 0) is 29.2 Å². The summed E-state index contributed by atoms with van der Waals surface area (Å²) in [6, 6.07) is 17.8. The fraction of sp³-hybridized carbons (Fsp3) is 0.250. The zero-order chi connectivity index (χ0) is 18.2. The molecule has 0 aliphatic heterocycles.